The molecule has 2 N–H and O–H groups in total. The van der Waals surface area contributed by atoms with Crippen LogP contribution in [-0.2, 0) is 27.8 Å². The molecule has 0 saturated carbocycles. The van der Waals surface area contributed by atoms with E-state index < -0.39 is 10.0 Å². The van der Waals surface area contributed by atoms with Gasteiger partial charge in [-0.2, -0.15) is 4.31 Å². The summed E-state index contributed by atoms with van der Waals surface area (Å²) in [6.07, 6.45) is 3.39. The average molecular weight is 296 g/mol. The molecule has 1 aromatic rings. The van der Waals surface area contributed by atoms with Crippen molar-refractivity contribution in [1.29, 1.82) is 0 Å². The minimum absolute atomic E-state index is 0.0838. The van der Waals surface area contributed by atoms with Crippen molar-refractivity contribution < 1.29 is 13.2 Å². The van der Waals surface area contributed by atoms with Gasteiger partial charge in [0.2, 0.25) is 10.0 Å². The zero-order valence-corrected chi connectivity index (χ0v) is 12.4. The second-order valence-corrected chi connectivity index (χ2v) is 7.62. The molecule has 1 saturated heterocycles. The molecule has 0 spiro atoms. The van der Waals surface area contributed by atoms with Gasteiger partial charge >= 0.3 is 0 Å². The molecule has 0 bridgehead atoms. The van der Waals surface area contributed by atoms with Gasteiger partial charge in [0.1, 0.15) is 0 Å². The third kappa shape index (κ3) is 2.61. The Morgan fingerprint density at radius 2 is 2.10 bits per heavy atom. The lowest BCUT2D eigenvalue weighted by molar-refractivity contribution is 0.0900. The van der Waals surface area contributed by atoms with Gasteiger partial charge in [0, 0.05) is 19.7 Å². The van der Waals surface area contributed by atoms with E-state index in [1.54, 1.807) is 0 Å². The molecule has 5 nitrogen and oxygen atoms in total. The number of hydrogen-bond donors (Lipinski definition) is 1. The van der Waals surface area contributed by atoms with Crippen molar-refractivity contribution in [2.75, 3.05) is 12.9 Å². The normalized spacial score (nSPS) is 24.8. The molecule has 3 rings (SSSR count). The van der Waals surface area contributed by atoms with Gasteiger partial charge in [-0.05, 0) is 29.5 Å². The Hall–Kier alpha value is -0.950. The molecular formula is C14H20N2O3S. The summed E-state index contributed by atoms with van der Waals surface area (Å²) < 4.78 is 30.3. The summed E-state index contributed by atoms with van der Waals surface area (Å²) in [5, 5.41) is 0. The minimum atomic E-state index is -3.14. The highest BCUT2D eigenvalue weighted by molar-refractivity contribution is 7.88. The number of nitrogens with two attached hydrogens (primary N) is 1. The van der Waals surface area contributed by atoms with Gasteiger partial charge in [0.15, 0.2) is 0 Å². The van der Waals surface area contributed by atoms with Gasteiger partial charge in [-0.1, -0.05) is 18.2 Å². The zero-order chi connectivity index (χ0) is 14.3. The molecule has 0 aliphatic carbocycles. The van der Waals surface area contributed by atoms with Crippen molar-refractivity contribution in [2.24, 2.45) is 5.73 Å². The second kappa shape index (κ2) is 5.11. The van der Waals surface area contributed by atoms with Crippen molar-refractivity contribution in [3.8, 4) is 0 Å². The zero-order valence-electron chi connectivity index (χ0n) is 11.6. The lowest BCUT2D eigenvalue weighted by atomic mass is 9.97. The highest BCUT2D eigenvalue weighted by Gasteiger charge is 2.28. The van der Waals surface area contributed by atoms with E-state index in [4.69, 9.17) is 10.5 Å². The van der Waals surface area contributed by atoms with Crippen molar-refractivity contribution in [3.63, 3.8) is 0 Å². The van der Waals surface area contributed by atoms with Crippen molar-refractivity contribution in [3.05, 3.63) is 34.9 Å². The fraction of sp³-hybridized carbons (Fsp3) is 0.571. The van der Waals surface area contributed by atoms with Gasteiger partial charge < -0.3 is 10.5 Å². The van der Waals surface area contributed by atoms with Crippen LogP contribution in [0.25, 0.3) is 0 Å². The first-order valence-electron chi connectivity index (χ1n) is 6.89. The topological polar surface area (TPSA) is 72.6 Å². The van der Waals surface area contributed by atoms with Gasteiger partial charge in [0.05, 0.1) is 18.4 Å². The molecular weight excluding hydrogens is 276 g/mol. The smallest absolute Gasteiger partial charge is 0.211 e. The molecule has 6 heteroatoms. The van der Waals surface area contributed by atoms with Crippen molar-refractivity contribution in [2.45, 2.75) is 38.1 Å². The Kier molecular flexibility index (Phi) is 3.58. The Morgan fingerprint density at radius 3 is 2.75 bits per heavy atom. The van der Waals surface area contributed by atoms with Gasteiger partial charge in [0.25, 0.3) is 0 Å². The van der Waals surface area contributed by atoms with E-state index in [1.165, 1.54) is 10.6 Å². The highest BCUT2D eigenvalue weighted by atomic mass is 32.2. The molecule has 2 aliphatic rings. The van der Waals surface area contributed by atoms with Gasteiger partial charge in [-0.25, -0.2) is 8.42 Å². The molecule has 2 unspecified atom stereocenters. The van der Waals surface area contributed by atoms with Gasteiger partial charge in [-0.3, -0.25) is 0 Å². The van der Waals surface area contributed by atoms with Gasteiger partial charge in [-0.15, -0.1) is 0 Å². The summed E-state index contributed by atoms with van der Waals surface area (Å²) in [4.78, 5) is 0. The molecule has 0 amide bonds. The number of fused-ring (bicyclic) bond motifs is 1. The maximum atomic E-state index is 11.6. The number of sulfonamides is 1. The Morgan fingerprint density at radius 1 is 1.35 bits per heavy atom. The molecule has 110 valence electrons. The van der Waals surface area contributed by atoms with Crippen LogP contribution in [0.3, 0.4) is 0 Å². The van der Waals surface area contributed by atoms with E-state index in [0.717, 1.165) is 36.1 Å². The predicted octanol–water partition coefficient (Wildman–Crippen LogP) is 1.14. The Bertz CT molecular complexity index is 609. The van der Waals surface area contributed by atoms with Crippen LogP contribution in [-0.4, -0.2) is 31.7 Å². The molecule has 1 fully saturated rings. The monoisotopic (exact) mass is 296 g/mol. The van der Waals surface area contributed by atoms with E-state index in [1.807, 2.05) is 18.2 Å². The molecule has 0 radical (unpaired) electrons. The van der Waals surface area contributed by atoms with E-state index in [9.17, 15) is 8.42 Å². The summed E-state index contributed by atoms with van der Waals surface area (Å²) >= 11 is 0. The van der Waals surface area contributed by atoms with Crippen LogP contribution in [0.1, 0.15) is 35.6 Å². The maximum absolute atomic E-state index is 11.6. The van der Waals surface area contributed by atoms with E-state index in [-0.39, 0.29) is 12.1 Å². The van der Waals surface area contributed by atoms with E-state index in [0.29, 0.717) is 13.1 Å². The molecule has 0 aromatic heterocycles. The summed E-state index contributed by atoms with van der Waals surface area (Å²) in [5.74, 6) is 0. The first kappa shape index (κ1) is 14.0. The third-order valence-electron chi connectivity index (χ3n) is 4.14. The van der Waals surface area contributed by atoms with Crippen LogP contribution in [0.5, 0.6) is 0 Å². The third-order valence-corrected chi connectivity index (χ3v) is 5.34. The highest BCUT2D eigenvalue weighted by Crippen LogP contribution is 2.30. The first-order chi connectivity index (χ1) is 9.45. The minimum Gasteiger partial charge on any atom is -0.376 e. The maximum Gasteiger partial charge on any atom is 0.211 e. The Labute approximate surface area is 119 Å². The molecule has 1 aromatic carbocycles. The molecule has 20 heavy (non-hydrogen) atoms. The number of benzene rings is 1. The number of ether oxygens (including phenoxy) is 1. The van der Waals surface area contributed by atoms with Crippen LogP contribution in [0.15, 0.2) is 18.2 Å². The SMILES string of the molecule is CS(=O)(=O)N1Cc2ccc(C(N)C3CCCO3)cc2C1. The van der Waals surface area contributed by atoms with Crippen LogP contribution >= 0.6 is 0 Å². The number of hydrogen-bond acceptors (Lipinski definition) is 4. The number of rotatable bonds is 3. The standard InChI is InChI=1S/C14H20N2O3S/c1-20(17,18)16-8-11-5-4-10(7-12(11)9-16)14(15)13-3-2-6-19-13/h4-5,7,13-14H,2-3,6,8-9,15H2,1H3. The summed E-state index contributed by atoms with van der Waals surface area (Å²) in [6.45, 7) is 1.69. The second-order valence-electron chi connectivity index (χ2n) is 5.64. The Balaban J connectivity index is 1.81. The summed E-state index contributed by atoms with van der Waals surface area (Å²) in [5.41, 5.74) is 9.42. The lowest BCUT2D eigenvalue weighted by Gasteiger charge is -2.19. The fourth-order valence-electron chi connectivity index (χ4n) is 2.93. The fourth-order valence-corrected chi connectivity index (χ4v) is 3.67. The van der Waals surface area contributed by atoms with Crippen LogP contribution < -0.4 is 5.73 Å². The molecule has 2 heterocycles. The van der Waals surface area contributed by atoms with Crippen molar-refractivity contribution >= 4 is 10.0 Å². The number of nitrogens with zero attached hydrogens (tertiary/aromatic N) is 1. The van der Waals surface area contributed by atoms with E-state index >= 15 is 0 Å². The molecule has 2 aliphatic heterocycles. The summed E-state index contributed by atoms with van der Waals surface area (Å²) in [6, 6.07) is 5.89. The first-order valence-corrected chi connectivity index (χ1v) is 8.74. The van der Waals surface area contributed by atoms with E-state index in [2.05, 4.69) is 0 Å². The average Bonchev–Trinajstić information content (AvgIpc) is 3.05. The summed E-state index contributed by atoms with van der Waals surface area (Å²) in [7, 11) is -3.14. The lowest BCUT2D eigenvalue weighted by Crippen LogP contribution is -2.25. The molecule has 2 atom stereocenters. The predicted molar refractivity (Wildman–Crippen MR) is 76.4 cm³/mol. The van der Waals surface area contributed by atoms with Crippen LogP contribution in [0.2, 0.25) is 0 Å². The van der Waals surface area contributed by atoms with Crippen LogP contribution in [0.4, 0.5) is 0 Å². The quantitative estimate of drug-likeness (QED) is 0.908. The van der Waals surface area contributed by atoms with Crippen molar-refractivity contribution in [1.82, 2.24) is 4.31 Å². The van der Waals surface area contributed by atoms with Crippen LogP contribution in [0, 0.1) is 0 Å². The largest absolute Gasteiger partial charge is 0.376 e.